The number of benzene rings is 1. The molecule has 0 saturated heterocycles. The Hall–Kier alpha value is -1.61. The van der Waals surface area contributed by atoms with E-state index in [0.29, 0.717) is 0 Å². The summed E-state index contributed by atoms with van der Waals surface area (Å²) in [7, 11) is 0. The third-order valence-electron chi connectivity index (χ3n) is 2.77. The van der Waals surface area contributed by atoms with Gasteiger partial charge in [0.05, 0.1) is 0 Å². The number of pyridine rings is 1. The van der Waals surface area contributed by atoms with Crippen molar-refractivity contribution in [3.05, 3.63) is 36.0 Å². The summed E-state index contributed by atoms with van der Waals surface area (Å²) in [5.41, 5.74) is 4.05. The van der Waals surface area contributed by atoms with Crippen molar-refractivity contribution in [2.45, 2.75) is 26.2 Å². The number of anilines is 1. The summed E-state index contributed by atoms with van der Waals surface area (Å²) in [5.74, 6) is 6.19. The number of nitrogens with one attached hydrogen (secondary N) is 1. The maximum absolute atomic E-state index is 5.46. The zero-order chi connectivity index (χ0) is 11.8. The van der Waals surface area contributed by atoms with Crippen LogP contribution in [0.1, 0.15) is 26.3 Å². The molecule has 0 spiro atoms. The van der Waals surface area contributed by atoms with Gasteiger partial charge in [0, 0.05) is 11.6 Å². The minimum Gasteiger partial charge on any atom is -0.308 e. The lowest BCUT2D eigenvalue weighted by Crippen LogP contribution is -2.12. The van der Waals surface area contributed by atoms with Crippen molar-refractivity contribution >= 4 is 16.6 Å². The summed E-state index contributed by atoms with van der Waals surface area (Å²) >= 11 is 0. The van der Waals surface area contributed by atoms with E-state index in [2.05, 4.69) is 49.4 Å². The fraction of sp³-hybridized carbons (Fsp3) is 0.308. The molecule has 0 aliphatic carbocycles. The van der Waals surface area contributed by atoms with Gasteiger partial charge in [-0.25, -0.2) is 10.8 Å². The van der Waals surface area contributed by atoms with Crippen LogP contribution in [-0.4, -0.2) is 4.98 Å². The summed E-state index contributed by atoms with van der Waals surface area (Å²) in [5, 5.41) is 2.22. The molecule has 84 valence electrons. The zero-order valence-corrected chi connectivity index (χ0v) is 9.91. The number of nitrogens with zero attached hydrogens (tertiary/aromatic N) is 1. The number of hydrogen-bond acceptors (Lipinski definition) is 3. The number of aromatic nitrogens is 1. The van der Waals surface area contributed by atoms with Gasteiger partial charge in [-0.15, -0.1) is 0 Å². The second kappa shape index (κ2) is 3.76. The van der Waals surface area contributed by atoms with E-state index >= 15 is 0 Å². The summed E-state index contributed by atoms with van der Waals surface area (Å²) in [6, 6.07) is 8.40. The normalized spacial score (nSPS) is 11.8. The summed E-state index contributed by atoms with van der Waals surface area (Å²) in [4.78, 5) is 4.21. The van der Waals surface area contributed by atoms with Gasteiger partial charge >= 0.3 is 0 Å². The van der Waals surface area contributed by atoms with E-state index in [-0.39, 0.29) is 5.41 Å². The van der Waals surface area contributed by atoms with Crippen LogP contribution in [0.4, 0.5) is 5.82 Å². The second-order valence-electron chi connectivity index (χ2n) is 4.99. The first kappa shape index (κ1) is 10.9. The molecule has 0 aliphatic rings. The largest absolute Gasteiger partial charge is 0.308 e. The molecule has 0 radical (unpaired) electrons. The predicted molar refractivity (Wildman–Crippen MR) is 68.3 cm³/mol. The lowest BCUT2D eigenvalue weighted by molar-refractivity contribution is 0.591. The molecule has 0 saturated carbocycles. The van der Waals surface area contributed by atoms with Crippen LogP contribution in [0.15, 0.2) is 30.5 Å². The molecule has 3 heteroatoms. The molecule has 0 atom stereocenters. The minimum absolute atomic E-state index is 0.135. The van der Waals surface area contributed by atoms with Crippen LogP contribution in [0.3, 0.4) is 0 Å². The highest BCUT2D eigenvalue weighted by Gasteiger charge is 2.14. The molecule has 0 unspecified atom stereocenters. The van der Waals surface area contributed by atoms with Gasteiger partial charge in [0.25, 0.3) is 0 Å². The van der Waals surface area contributed by atoms with E-state index in [9.17, 15) is 0 Å². The molecule has 0 aliphatic heterocycles. The Morgan fingerprint density at radius 3 is 2.56 bits per heavy atom. The third-order valence-corrected chi connectivity index (χ3v) is 2.77. The first-order valence-corrected chi connectivity index (χ1v) is 5.38. The summed E-state index contributed by atoms with van der Waals surface area (Å²) in [6.07, 6.45) is 1.76. The SMILES string of the molecule is CC(C)(C)c1ccc2ccnc(NN)c2c1. The topological polar surface area (TPSA) is 50.9 Å². The Morgan fingerprint density at radius 2 is 1.94 bits per heavy atom. The molecule has 1 heterocycles. The minimum atomic E-state index is 0.135. The van der Waals surface area contributed by atoms with E-state index in [0.717, 1.165) is 16.6 Å². The molecule has 0 amide bonds. The van der Waals surface area contributed by atoms with E-state index in [1.807, 2.05) is 6.07 Å². The number of rotatable bonds is 1. The van der Waals surface area contributed by atoms with Crippen molar-refractivity contribution < 1.29 is 0 Å². The van der Waals surface area contributed by atoms with E-state index in [1.165, 1.54) is 5.56 Å². The third kappa shape index (κ3) is 1.86. The van der Waals surface area contributed by atoms with Crippen LogP contribution in [0.5, 0.6) is 0 Å². The quantitative estimate of drug-likeness (QED) is 0.568. The number of nitrogens with two attached hydrogens (primary N) is 1. The van der Waals surface area contributed by atoms with Crippen molar-refractivity contribution in [2.24, 2.45) is 5.84 Å². The molecule has 1 aromatic heterocycles. The first-order chi connectivity index (χ1) is 7.52. The van der Waals surface area contributed by atoms with Crippen molar-refractivity contribution in [1.82, 2.24) is 4.98 Å². The predicted octanol–water partition coefficient (Wildman–Crippen LogP) is 2.82. The molecule has 0 bridgehead atoms. The first-order valence-electron chi connectivity index (χ1n) is 5.38. The molecular formula is C13H17N3. The standard InChI is InChI=1S/C13H17N3/c1-13(2,3)10-5-4-9-6-7-15-12(16-14)11(9)8-10/h4-8H,14H2,1-3H3,(H,15,16). The number of hydrogen-bond donors (Lipinski definition) is 2. The van der Waals surface area contributed by atoms with Crippen LogP contribution < -0.4 is 11.3 Å². The van der Waals surface area contributed by atoms with Crippen LogP contribution in [0.2, 0.25) is 0 Å². The van der Waals surface area contributed by atoms with Crippen molar-refractivity contribution in [2.75, 3.05) is 5.43 Å². The molecule has 0 fully saturated rings. The molecular weight excluding hydrogens is 198 g/mol. The van der Waals surface area contributed by atoms with Gasteiger partial charge in [0.15, 0.2) is 0 Å². The van der Waals surface area contributed by atoms with Gasteiger partial charge in [0.2, 0.25) is 0 Å². The Labute approximate surface area is 95.7 Å². The number of hydrazine groups is 1. The van der Waals surface area contributed by atoms with Crippen molar-refractivity contribution in [3.63, 3.8) is 0 Å². The molecule has 2 rings (SSSR count). The van der Waals surface area contributed by atoms with Crippen LogP contribution in [-0.2, 0) is 5.41 Å². The monoisotopic (exact) mass is 215 g/mol. The van der Waals surface area contributed by atoms with Gasteiger partial charge in [-0.2, -0.15) is 0 Å². The Kier molecular flexibility index (Phi) is 2.56. The molecule has 3 nitrogen and oxygen atoms in total. The average molecular weight is 215 g/mol. The van der Waals surface area contributed by atoms with Crippen molar-refractivity contribution in [1.29, 1.82) is 0 Å². The van der Waals surface area contributed by atoms with Crippen LogP contribution in [0.25, 0.3) is 10.8 Å². The summed E-state index contributed by atoms with van der Waals surface area (Å²) in [6.45, 7) is 6.58. The van der Waals surface area contributed by atoms with Gasteiger partial charge in [-0.05, 0) is 28.5 Å². The van der Waals surface area contributed by atoms with E-state index in [1.54, 1.807) is 6.20 Å². The smallest absolute Gasteiger partial charge is 0.147 e. The van der Waals surface area contributed by atoms with Gasteiger partial charge in [0.1, 0.15) is 5.82 Å². The second-order valence-corrected chi connectivity index (χ2v) is 4.99. The fourth-order valence-electron chi connectivity index (χ4n) is 1.75. The molecule has 3 N–H and O–H groups in total. The lowest BCUT2D eigenvalue weighted by Gasteiger charge is -2.19. The van der Waals surface area contributed by atoms with Gasteiger partial charge in [-0.3, -0.25) is 0 Å². The molecule has 1 aromatic carbocycles. The van der Waals surface area contributed by atoms with E-state index in [4.69, 9.17) is 5.84 Å². The lowest BCUT2D eigenvalue weighted by atomic mass is 9.86. The van der Waals surface area contributed by atoms with Crippen molar-refractivity contribution in [3.8, 4) is 0 Å². The number of fused-ring (bicyclic) bond motifs is 1. The van der Waals surface area contributed by atoms with Gasteiger partial charge < -0.3 is 5.43 Å². The highest BCUT2D eigenvalue weighted by Crippen LogP contribution is 2.28. The highest BCUT2D eigenvalue weighted by molar-refractivity contribution is 5.92. The molecule has 16 heavy (non-hydrogen) atoms. The Bertz CT molecular complexity index is 512. The maximum atomic E-state index is 5.46. The number of nitrogen functional groups attached to an aromatic ring is 1. The Morgan fingerprint density at radius 1 is 1.19 bits per heavy atom. The Balaban J connectivity index is 2.68. The average Bonchev–Trinajstić information content (AvgIpc) is 2.26. The highest BCUT2D eigenvalue weighted by atomic mass is 15.2. The van der Waals surface area contributed by atoms with E-state index < -0.39 is 0 Å². The van der Waals surface area contributed by atoms with Crippen LogP contribution in [0, 0.1) is 0 Å². The van der Waals surface area contributed by atoms with Crippen LogP contribution >= 0.6 is 0 Å². The maximum Gasteiger partial charge on any atom is 0.147 e. The van der Waals surface area contributed by atoms with Gasteiger partial charge in [-0.1, -0.05) is 32.9 Å². The molecule has 2 aromatic rings. The fourth-order valence-corrected chi connectivity index (χ4v) is 1.75. The zero-order valence-electron chi connectivity index (χ0n) is 9.91. The summed E-state index contributed by atoms with van der Waals surface area (Å²) < 4.78 is 0.